The van der Waals surface area contributed by atoms with Gasteiger partial charge >= 0.3 is 0 Å². The van der Waals surface area contributed by atoms with Crippen molar-refractivity contribution in [3.63, 3.8) is 0 Å². The molecule has 4 heterocycles. The summed E-state index contributed by atoms with van der Waals surface area (Å²) in [6.07, 6.45) is -0.571. The number of hydrogen-bond donors (Lipinski definition) is 2. The Balaban J connectivity index is 1.60. The Morgan fingerprint density at radius 3 is 2.65 bits per heavy atom. The number of ether oxygens (including phenoxy) is 3. The number of hydrogen-bond acceptors (Lipinski definition) is 9. The molecular formula is C21H26N6O4. The van der Waals surface area contributed by atoms with Crippen molar-refractivity contribution in [3.05, 3.63) is 42.2 Å². The molecule has 10 heteroatoms. The number of aromatic nitrogens is 4. The first-order chi connectivity index (χ1) is 14.9. The maximum absolute atomic E-state index is 9.89. The van der Waals surface area contributed by atoms with Gasteiger partial charge < -0.3 is 30.0 Å². The molecule has 0 spiro atoms. The molecule has 0 radical (unpaired) electrons. The molecule has 5 rings (SSSR count). The summed E-state index contributed by atoms with van der Waals surface area (Å²) in [6, 6.07) is 10.1. The van der Waals surface area contributed by atoms with E-state index in [-0.39, 0.29) is 12.4 Å². The predicted octanol–water partition coefficient (Wildman–Crippen LogP) is 1.45. The van der Waals surface area contributed by atoms with Crippen LogP contribution in [0.15, 0.2) is 36.7 Å². The number of imidazole rings is 1. The highest BCUT2D eigenvalue weighted by atomic mass is 16.8. The van der Waals surface area contributed by atoms with Gasteiger partial charge in [0.25, 0.3) is 0 Å². The van der Waals surface area contributed by atoms with Crippen molar-refractivity contribution in [3.8, 4) is 0 Å². The fraction of sp³-hybridized carbons (Fsp3) is 0.476. The fourth-order valence-corrected chi connectivity index (χ4v) is 4.36. The molecular weight excluding hydrogens is 400 g/mol. The SMILES string of the molecule is CN(Cc1ccccc1)c1nc2c(N)ncnc2n1[C@@H]1O[C@H](CO)[C@H]2OC(C)(C)O[C@H]21. The molecule has 3 N–H and O–H groups in total. The molecule has 10 nitrogen and oxygen atoms in total. The third-order valence-corrected chi connectivity index (χ3v) is 5.65. The second-order valence-corrected chi connectivity index (χ2v) is 8.37. The number of nitrogen functional groups attached to an aromatic ring is 1. The predicted molar refractivity (Wildman–Crippen MR) is 113 cm³/mol. The minimum absolute atomic E-state index is 0.184. The maximum Gasteiger partial charge on any atom is 0.210 e. The van der Waals surface area contributed by atoms with Crippen molar-refractivity contribution in [2.75, 3.05) is 24.3 Å². The Labute approximate surface area is 179 Å². The highest BCUT2D eigenvalue weighted by Gasteiger charge is 2.56. The van der Waals surface area contributed by atoms with Gasteiger partial charge in [-0.3, -0.25) is 4.57 Å². The zero-order chi connectivity index (χ0) is 21.8. The van der Waals surface area contributed by atoms with E-state index in [1.54, 1.807) is 0 Å². The summed E-state index contributed by atoms with van der Waals surface area (Å²) < 4.78 is 20.3. The van der Waals surface area contributed by atoms with Gasteiger partial charge in [0.1, 0.15) is 24.6 Å². The number of aliphatic hydroxyl groups excluding tert-OH is 1. The molecule has 0 amide bonds. The molecule has 2 aliphatic rings. The second kappa shape index (κ2) is 7.41. The first-order valence-electron chi connectivity index (χ1n) is 10.2. The Kier molecular flexibility index (Phi) is 4.82. The Morgan fingerprint density at radius 2 is 1.90 bits per heavy atom. The molecule has 2 aliphatic heterocycles. The lowest BCUT2D eigenvalue weighted by Crippen LogP contribution is -2.31. The number of benzene rings is 1. The quantitative estimate of drug-likeness (QED) is 0.624. The van der Waals surface area contributed by atoms with E-state index in [0.29, 0.717) is 23.7 Å². The smallest absolute Gasteiger partial charge is 0.210 e. The molecule has 0 aliphatic carbocycles. The van der Waals surface area contributed by atoms with E-state index in [0.717, 1.165) is 5.56 Å². The topological polar surface area (TPSA) is 121 Å². The van der Waals surface area contributed by atoms with E-state index in [4.69, 9.17) is 24.9 Å². The third kappa shape index (κ3) is 3.41. The van der Waals surface area contributed by atoms with Crippen LogP contribution >= 0.6 is 0 Å². The van der Waals surface area contributed by atoms with Crippen molar-refractivity contribution >= 4 is 22.9 Å². The highest BCUT2D eigenvalue weighted by molar-refractivity contribution is 5.84. The summed E-state index contributed by atoms with van der Waals surface area (Å²) in [5.74, 6) is 0.114. The van der Waals surface area contributed by atoms with Crippen LogP contribution in [0, 0.1) is 0 Å². The zero-order valence-corrected chi connectivity index (χ0v) is 17.7. The van der Waals surface area contributed by atoms with E-state index in [1.165, 1.54) is 6.33 Å². The van der Waals surface area contributed by atoms with Crippen LogP contribution in [0.4, 0.5) is 11.8 Å². The first-order valence-corrected chi connectivity index (χ1v) is 10.2. The van der Waals surface area contributed by atoms with E-state index in [9.17, 15) is 5.11 Å². The number of nitrogens with zero attached hydrogens (tertiary/aromatic N) is 5. The van der Waals surface area contributed by atoms with E-state index < -0.39 is 30.3 Å². The summed E-state index contributed by atoms with van der Waals surface area (Å²) in [5, 5.41) is 9.89. The maximum atomic E-state index is 9.89. The number of rotatable bonds is 5. The molecule has 4 atom stereocenters. The molecule has 2 saturated heterocycles. The number of aliphatic hydroxyl groups is 1. The average Bonchev–Trinajstić information content (AvgIpc) is 3.37. The van der Waals surface area contributed by atoms with Crippen molar-refractivity contribution in [1.29, 1.82) is 0 Å². The van der Waals surface area contributed by atoms with Crippen molar-refractivity contribution in [2.24, 2.45) is 0 Å². The van der Waals surface area contributed by atoms with Crippen molar-refractivity contribution < 1.29 is 19.3 Å². The molecule has 0 saturated carbocycles. The number of nitrogens with two attached hydrogens (primary N) is 1. The minimum atomic E-state index is -0.786. The van der Waals surface area contributed by atoms with Crippen LogP contribution in [-0.2, 0) is 20.8 Å². The largest absolute Gasteiger partial charge is 0.394 e. The van der Waals surface area contributed by atoms with Gasteiger partial charge in [0.2, 0.25) is 5.95 Å². The van der Waals surface area contributed by atoms with Crippen molar-refractivity contribution in [2.45, 2.75) is 50.7 Å². The highest BCUT2D eigenvalue weighted by Crippen LogP contribution is 2.45. The van der Waals surface area contributed by atoms with Gasteiger partial charge in [0, 0.05) is 13.6 Å². The van der Waals surface area contributed by atoms with Crippen LogP contribution in [0.3, 0.4) is 0 Å². The minimum Gasteiger partial charge on any atom is -0.394 e. The summed E-state index contributed by atoms with van der Waals surface area (Å²) in [5.41, 5.74) is 8.27. The van der Waals surface area contributed by atoms with Crippen LogP contribution in [0.5, 0.6) is 0 Å². The molecule has 3 aromatic rings. The summed E-state index contributed by atoms with van der Waals surface area (Å²) in [4.78, 5) is 15.3. The molecule has 164 valence electrons. The standard InChI is InChI=1S/C21H26N6O4/c1-21(2)30-15-13(10-28)29-19(16(15)31-21)27-18-14(17(22)23-11-24-18)25-20(27)26(3)9-12-7-5-4-6-8-12/h4-8,11,13,15-16,19,28H,9-10H2,1-3H3,(H2,22,23,24)/t13-,15-,16-,19-/m1/s1. The Bertz CT molecular complexity index is 1090. The van der Waals surface area contributed by atoms with Crippen LogP contribution < -0.4 is 10.6 Å². The van der Waals surface area contributed by atoms with Gasteiger partial charge in [0.05, 0.1) is 6.61 Å². The van der Waals surface area contributed by atoms with Crippen LogP contribution in [0.2, 0.25) is 0 Å². The molecule has 2 fully saturated rings. The lowest BCUT2D eigenvalue weighted by molar-refractivity contribution is -0.199. The monoisotopic (exact) mass is 426 g/mol. The normalized spacial score (nSPS) is 27.0. The third-order valence-electron chi connectivity index (χ3n) is 5.65. The molecule has 31 heavy (non-hydrogen) atoms. The van der Waals surface area contributed by atoms with Gasteiger partial charge in [-0.15, -0.1) is 0 Å². The van der Waals surface area contributed by atoms with Gasteiger partial charge in [-0.05, 0) is 19.4 Å². The van der Waals surface area contributed by atoms with Crippen LogP contribution in [0.1, 0.15) is 25.6 Å². The van der Waals surface area contributed by atoms with Gasteiger partial charge in [-0.25, -0.2) is 15.0 Å². The molecule has 0 unspecified atom stereocenters. The van der Waals surface area contributed by atoms with Crippen LogP contribution in [-0.4, -0.2) is 62.4 Å². The van der Waals surface area contributed by atoms with Gasteiger partial charge in [-0.2, -0.15) is 0 Å². The first kappa shape index (κ1) is 20.1. The van der Waals surface area contributed by atoms with Crippen LogP contribution in [0.25, 0.3) is 11.2 Å². The number of fused-ring (bicyclic) bond motifs is 2. The molecule has 2 aromatic heterocycles. The Morgan fingerprint density at radius 1 is 1.16 bits per heavy atom. The van der Waals surface area contributed by atoms with E-state index in [1.807, 2.05) is 48.6 Å². The van der Waals surface area contributed by atoms with E-state index in [2.05, 4.69) is 22.1 Å². The lowest BCUT2D eigenvalue weighted by Gasteiger charge is -2.27. The fourth-order valence-electron chi connectivity index (χ4n) is 4.36. The van der Waals surface area contributed by atoms with Crippen molar-refractivity contribution in [1.82, 2.24) is 19.5 Å². The van der Waals surface area contributed by atoms with E-state index >= 15 is 0 Å². The Hall–Kier alpha value is -2.79. The van der Waals surface area contributed by atoms with Gasteiger partial charge in [0.15, 0.2) is 29.0 Å². The molecule has 1 aromatic carbocycles. The average molecular weight is 426 g/mol. The van der Waals surface area contributed by atoms with Gasteiger partial charge in [-0.1, -0.05) is 30.3 Å². The molecule has 0 bridgehead atoms. The zero-order valence-electron chi connectivity index (χ0n) is 17.7. The summed E-state index contributed by atoms with van der Waals surface area (Å²) in [7, 11) is 1.94. The summed E-state index contributed by atoms with van der Waals surface area (Å²) in [6.45, 7) is 4.14. The summed E-state index contributed by atoms with van der Waals surface area (Å²) >= 11 is 0. The number of anilines is 2. The second-order valence-electron chi connectivity index (χ2n) is 8.37. The lowest BCUT2D eigenvalue weighted by atomic mass is 10.1.